The SMILES string of the molecule is CNCCC1C2CC(C(=O)N3CC3)NC(O)C2OC1C(O)C(C)(O)C1CCC2(O)C3=CC(=O)C4CC(OCCCOC)CCC4(C)C3CCC12C. The molecule has 15 unspecified atom stereocenters. The highest BCUT2D eigenvalue weighted by atomic mass is 16.5. The zero-order valence-corrected chi connectivity index (χ0v) is 31.3. The fourth-order valence-corrected chi connectivity index (χ4v) is 12.2. The van der Waals surface area contributed by atoms with Crippen LogP contribution in [-0.2, 0) is 23.8 Å². The van der Waals surface area contributed by atoms with Crippen LogP contribution in [0.15, 0.2) is 11.6 Å². The number of ether oxygens (including phenoxy) is 3. The minimum atomic E-state index is -1.64. The Labute approximate surface area is 303 Å². The first-order valence-corrected chi connectivity index (χ1v) is 19.7. The molecule has 51 heavy (non-hydrogen) atoms. The smallest absolute Gasteiger partial charge is 0.239 e. The summed E-state index contributed by atoms with van der Waals surface area (Å²) in [6.07, 6.45) is 4.77. The van der Waals surface area contributed by atoms with E-state index in [2.05, 4.69) is 17.6 Å². The molecule has 1 amide bonds. The number of rotatable bonds is 12. The molecule has 0 bridgehead atoms. The molecule has 0 aromatic heterocycles. The number of aliphatic hydroxyl groups is 4. The molecule has 6 fully saturated rings. The Kier molecular flexibility index (Phi) is 10.4. The Balaban J connectivity index is 1.11. The molecular weight excluding hydrogens is 654 g/mol. The van der Waals surface area contributed by atoms with Crippen molar-refractivity contribution in [2.45, 2.75) is 133 Å². The van der Waals surface area contributed by atoms with Crippen molar-refractivity contribution >= 4 is 11.7 Å². The monoisotopic (exact) mass is 717 g/mol. The first-order valence-electron chi connectivity index (χ1n) is 19.7. The molecule has 7 rings (SSSR count). The van der Waals surface area contributed by atoms with Gasteiger partial charge in [0.05, 0.1) is 29.5 Å². The van der Waals surface area contributed by atoms with Gasteiger partial charge < -0.3 is 44.9 Å². The number of hydrogen-bond acceptors (Lipinski definition) is 11. The van der Waals surface area contributed by atoms with Crippen LogP contribution >= 0.6 is 0 Å². The summed E-state index contributed by atoms with van der Waals surface area (Å²) in [6.45, 7) is 9.34. The first-order chi connectivity index (χ1) is 24.2. The molecule has 15 atom stereocenters. The number of nitrogens with zero attached hydrogens (tertiary/aromatic N) is 1. The van der Waals surface area contributed by atoms with Gasteiger partial charge in [0.1, 0.15) is 18.4 Å². The van der Waals surface area contributed by atoms with Crippen molar-refractivity contribution in [1.29, 1.82) is 0 Å². The lowest BCUT2D eigenvalue weighted by atomic mass is 9.46. The molecule has 0 radical (unpaired) electrons. The van der Waals surface area contributed by atoms with E-state index in [9.17, 15) is 30.0 Å². The maximum Gasteiger partial charge on any atom is 0.239 e. The number of methoxy groups -OCH3 is 1. The predicted octanol–water partition coefficient (Wildman–Crippen LogP) is 1.52. The second kappa shape index (κ2) is 14.0. The zero-order chi connectivity index (χ0) is 36.5. The highest BCUT2D eigenvalue weighted by Crippen LogP contribution is 2.69. The molecule has 0 spiro atoms. The number of aliphatic hydroxyl groups excluding tert-OH is 2. The van der Waals surface area contributed by atoms with Crippen LogP contribution in [0.25, 0.3) is 0 Å². The van der Waals surface area contributed by atoms with Gasteiger partial charge in [0.15, 0.2) is 5.78 Å². The quantitative estimate of drug-likeness (QED) is 0.128. The van der Waals surface area contributed by atoms with Crippen LogP contribution in [0.5, 0.6) is 0 Å². The van der Waals surface area contributed by atoms with Crippen molar-refractivity contribution in [3.05, 3.63) is 11.6 Å². The summed E-state index contributed by atoms with van der Waals surface area (Å²) in [5.74, 6) is -0.892. The Morgan fingerprint density at radius 3 is 2.63 bits per heavy atom. The largest absolute Gasteiger partial charge is 0.387 e. The lowest BCUT2D eigenvalue weighted by Gasteiger charge is -2.60. The number of carbonyl (C=O) groups is 2. The van der Waals surface area contributed by atoms with Crippen LogP contribution < -0.4 is 10.6 Å². The lowest BCUT2D eigenvalue weighted by Crippen LogP contribution is -2.63. The standard InChI is InChI=1S/C39H63N3O9/c1-36-11-7-22(50-18-6-17-49-5)19-27(36)29(43)21-26-25(36)8-12-37(2)30(9-13-39(26,37)48)38(3,47)33(44)31-23(10-14-40-4)24-20-28(35(46)42-15-16-42)41-34(45)32(24)51-31/h21-25,27-28,30-34,40-41,44-45,47-48H,6-20H2,1-5H3. The van der Waals surface area contributed by atoms with Crippen molar-refractivity contribution in [2.24, 2.45) is 40.4 Å². The Morgan fingerprint density at radius 1 is 1.16 bits per heavy atom. The Morgan fingerprint density at radius 2 is 1.92 bits per heavy atom. The fraction of sp³-hybridized carbons (Fsp3) is 0.897. The van der Waals surface area contributed by atoms with Gasteiger partial charge in [-0.15, -0.1) is 0 Å². The molecule has 6 N–H and O–H groups in total. The maximum absolute atomic E-state index is 14.0. The highest BCUT2D eigenvalue weighted by Gasteiger charge is 2.70. The third-order valence-corrected chi connectivity index (χ3v) is 15.2. The van der Waals surface area contributed by atoms with Crippen LogP contribution in [0.3, 0.4) is 0 Å². The summed E-state index contributed by atoms with van der Waals surface area (Å²) in [7, 11) is 3.55. The van der Waals surface area contributed by atoms with E-state index in [0.29, 0.717) is 58.3 Å². The van der Waals surface area contributed by atoms with Crippen molar-refractivity contribution < 1.29 is 44.2 Å². The molecule has 288 valence electrons. The fourth-order valence-electron chi connectivity index (χ4n) is 12.2. The van der Waals surface area contributed by atoms with Gasteiger partial charge in [-0.2, -0.15) is 0 Å². The number of hydrogen-bond donors (Lipinski definition) is 6. The van der Waals surface area contributed by atoms with E-state index in [-0.39, 0.29) is 46.9 Å². The minimum absolute atomic E-state index is 0.0142. The number of amides is 1. The van der Waals surface area contributed by atoms with Crippen LogP contribution in [0, 0.1) is 40.4 Å². The summed E-state index contributed by atoms with van der Waals surface area (Å²) < 4.78 is 17.8. The van der Waals surface area contributed by atoms with E-state index in [1.807, 2.05) is 14.0 Å². The average molecular weight is 718 g/mol. The van der Waals surface area contributed by atoms with Gasteiger partial charge in [-0.3, -0.25) is 14.9 Å². The molecule has 12 nitrogen and oxygen atoms in total. The van der Waals surface area contributed by atoms with E-state index in [4.69, 9.17) is 14.2 Å². The molecule has 3 saturated carbocycles. The predicted molar refractivity (Wildman–Crippen MR) is 188 cm³/mol. The number of nitrogens with one attached hydrogen (secondary N) is 2. The van der Waals surface area contributed by atoms with E-state index in [1.165, 1.54) is 0 Å². The molecular formula is C39H63N3O9. The van der Waals surface area contributed by atoms with E-state index < -0.39 is 53.1 Å². The number of ketones is 1. The van der Waals surface area contributed by atoms with Crippen molar-refractivity contribution in [3.8, 4) is 0 Å². The summed E-state index contributed by atoms with van der Waals surface area (Å²) >= 11 is 0. The lowest BCUT2D eigenvalue weighted by molar-refractivity contribution is -0.202. The summed E-state index contributed by atoms with van der Waals surface area (Å²) in [6, 6.07) is -0.517. The maximum atomic E-state index is 14.0. The van der Waals surface area contributed by atoms with Crippen LogP contribution in [0.4, 0.5) is 0 Å². The van der Waals surface area contributed by atoms with E-state index >= 15 is 0 Å². The van der Waals surface area contributed by atoms with Gasteiger partial charge in [0.2, 0.25) is 5.91 Å². The molecule has 0 aromatic rings. The average Bonchev–Trinajstić information content (AvgIpc) is 3.82. The Bertz CT molecular complexity index is 1360. The van der Waals surface area contributed by atoms with Crippen molar-refractivity contribution in [1.82, 2.24) is 15.5 Å². The molecule has 4 aliphatic carbocycles. The summed E-state index contributed by atoms with van der Waals surface area (Å²) in [5, 5.41) is 55.0. The second-order valence-corrected chi connectivity index (χ2v) is 17.8. The number of piperidine rings is 1. The molecule has 3 aliphatic heterocycles. The van der Waals surface area contributed by atoms with Gasteiger partial charge in [0.25, 0.3) is 0 Å². The second-order valence-electron chi connectivity index (χ2n) is 17.8. The molecule has 12 heteroatoms. The third-order valence-electron chi connectivity index (χ3n) is 15.2. The highest BCUT2D eigenvalue weighted by molar-refractivity contribution is 5.95. The van der Waals surface area contributed by atoms with Gasteiger partial charge in [0, 0.05) is 44.7 Å². The van der Waals surface area contributed by atoms with Crippen molar-refractivity contribution in [2.75, 3.05) is 47.0 Å². The Hall–Kier alpha value is -1.48. The van der Waals surface area contributed by atoms with E-state index in [0.717, 1.165) is 44.3 Å². The van der Waals surface area contributed by atoms with Gasteiger partial charge in [-0.1, -0.05) is 13.8 Å². The van der Waals surface area contributed by atoms with Gasteiger partial charge in [-0.05, 0) is 125 Å². The topological polar surface area (TPSA) is 170 Å². The number of carbonyl (C=O) groups excluding carboxylic acids is 2. The minimum Gasteiger partial charge on any atom is -0.387 e. The first kappa shape index (κ1) is 37.8. The summed E-state index contributed by atoms with van der Waals surface area (Å²) in [4.78, 5) is 28.7. The van der Waals surface area contributed by atoms with Crippen LogP contribution in [0.2, 0.25) is 0 Å². The van der Waals surface area contributed by atoms with Gasteiger partial charge in [-0.25, -0.2) is 0 Å². The zero-order valence-electron chi connectivity index (χ0n) is 31.3. The molecule has 3 heterocycles. The number of allylic oxidation sites excluding steroid dienone is 1. The normalized spacial score (nSPS) is 46.3. The van der Waals surface area contributed by atoms with Crippen molar-refractivity contribution in [3.63, 3.8) is 0 Å². The number of fused-ring (bicyclic) bond motifs is 6. The molecule has 7 aliphatic rings. The van der Waals surface area contributed by atoms with E-state index in [1.54, 1.807) is 25.0 Å². The summed E-state index contributed by atoms with van der Waals surface area (Å²) in [5.41, 5.74) is -3.17. The molecule has 3 saturated heterocycles. The van der Waals surface area contributed by atoms with Crippen LogP contribution in [-0.4, -0.2) is 132 Å². The molecule has 0 aromatic carbocycles. The van der Waals surface area contributed by atoms with Crippen LogP contribution in [0.1, 0.15) is 85.0 Å². The van der Waals surface area contributed by atoms with Gasteiger partial charge >= 0.3 is 0 Å². The third kappa shape index (κ3) is 6.16.